The molecule has 0 aromatic rings. The average Bonchev–Trinajstić information content (AvgIpc) is 2.27. The van der Waals surface area contributed by atoms with Gasteiger partial charge in [-0.1, -0.05) is 19.8 Å². The fourth-order valence-electron chi connectivity index (χ4n) is 2.35. The van der Waals surface area contributed by atoms with E-state index in [9.17, 15) is 14.4 Å². The Morgan fingerprint density at radius 1 is 1.37 bits per heavy atom. The maximum atomic E-state index is 11.7. The fourth-order valence-corrected chi connectivity index (χ4v) is 2.35. The van der Waals surface area contributed by atoms with E-state index in [0.717, 1.165) is 25.7 Å². The van der Waals surface area contributed by atoms with Crippen molar-refractivity contribution in [1.29, 1.82) is 0 Å². The van der Waals surface area contributed by atoms with Crippen molar-refractivity contribution in [3.8, 4) is 0 Å². The van der Waals surface area contributed by atoms with Crippen molar-refractivity contribution in [2.45, 2.75) is 51.1 Å². The third-order valence-corrected chi connectivity index (χ3v) is 3.28. The second-order valence-electron chi connectivity index (χ2n) is 5.15. The van der Waals surface area contributed by atoms with Crippen molar-refractivity contribution >= 4 is 17.9 Å². The zero-order valence-electron chi connectivity index (χ0n) is 11.0. The Morgan fingerprint density at radius 3 is 2.58 bits per heavy atom. The first kappa shape index (κ1) is 15.3. The van der Waals surface area contributed by atoms with Gasteiger partial charge >= 0.3 is 12.0 Å². The second-order valence-corrected chi connectivity index (χ2v) is 5.15. The highest BCUT2D eigenvalue weighted by molar-refractivity contribution is 5.87. The predicted molar refractivity (Wildman–Crippen MR) is 68.3 cm³/mol. The van der Waals surface area contributed by atoms with Crippen molar-refractivity contribution < 1.29 is 19.5 Å². The van der Waals surface area contributed by atoms with Crippen molar-refractivity contribution in [2.75, 3.05) is 0 Å². The van der Waals surface area contributed by atoms with Crippen LogP contribution >= 0.6 is 0 Å². The van der Waals surface area contributed by atoms with Gasteiger partial charge in [0.1, 0.15) is 6.04 Å². The highest BCUT2D eigenvalue weighted by atomic mass is 16.4. The number of hydrogen-bond donors (Lipinski definition) is 4. The van der Waals surface area contributed by atoms with Crippen LogP contribution in [0.25, 0.3) is 0 Å². The van der Waals surface area contributed by atoms with Crippen molar-refractivity contribution in [1.82, 2.24) is 10.6 Å². The summed E-state index contributed by atoms with van der Waals surface area (Å²) in [7, 11) is 0. The standard InChI is InChI=1S/C12H21N3O4/c1-7-3-2-4-8(5-7)14-12(19)15-9(11(17)18)6-10(13)16/h7-9H,2-6H2,1H3,(H2,13,16)(H,17,18)(H2,14,15,19). The number of carbonyl (C=O) groups excluding carboxylic acids is 2. The summed E-state index contributed by atoms with van der Waals surface area (Å²) in [5.74, 6) is -1.48. The molecule has 0 aromatic carbocycles. The third-order valence-electron chi connectivity index (χ3n) is 3.28. The summed E-state index contributed by atoms with van der Waals surface area (Å²) in [6.45, 7) is 2.12. The second kappa shape index (κ2) is 6.96. The SMILES string of the molecule is CC1CCCC(NC(=O)NC(CC(N)=O)C(=O)O)C1. The van der Waals surface area contributed by atoms with Gasteiger partial charge in [-0.25, -0.2) is 9.59 Å². The Hall–Kier alpha value is -1.79. The Bertz CT molecular complexity index is 359. The lowest BCUT2D eigenvalue weighted by molar-refractivity contribution is -0.140. The topological polar surface area (TPSA) is 122 Å². The molecule has 1 saturated carbocycles. The molecule has 108 valence electrons. The first-order valence-electron chi connectivity index (χ1n) is 6.46. The number of urea groups is 1. The Balaban J connectivity index is 2.43. The zero-order chi connectivity index (χ0) is 14.4. The van der Waals surface area contributed by atoms with Gasteiger partial charge in [0.05, 0.1) is 6.42 Å². The van der Waals surface area contributed by atoms with Gasteiger partial charge in [-0.3, -0.25) is 4.79 Å². The molecule has 3 atom stereocenters. The molecule has 0 aliphatic heterocycles. The largest absolute Gasteiger partial charge is 0.480 e. The van der Waals surface area contributed by atoms with Crippen LogP contribution in [-0.2, 0) is 9.59 Å². The van der Waals surface area contributed by atoms with E-state index in [2.05, 4.69) is 17.6 Å². The van der Waals surface area contributed by atoms with Gasteiger partial charge in [0, 0.05) is 6.04 Å². The van der Waals surface area contributed by atoms with Gasteiger partial charge in [0.15, 0.2) is 0 Å². The molecule has 1 fully saturated rings. The molecule has 0 aromatic heterocycles. The highest BCUT2D eigenvalue weighted by Gasteiger charge is 2.25. The van der Waals surface area contributed by atoms with Gasteiger partial charge in [-0.05, 0) is 18.8 Å². The van der Waals surface area contributed by atoms with Crippen LogP contribution in [0.3, 0.4) is 0 Å². The number of rotatable bonds is 5. The number of carboxylic acid groups (broad SMARTS) is 1. The summed E-state index contributed by atoms with van der Waals surface area (Å²) in [6, 6.07) is -1.78. The van der Waals surface area contributed by atoms with Crippen LogP contribution in [0.15, 0.2) is 0 Å². The summed E-state index contributed by atoms with van der Waals surface area (Å²) in [5.41, 5.74) is 4.94. The molecule has 19 heavy (non-hydrogen) atoms. The minimum absolute atomic E-state index is 0.0618. The molecule has 1 aliphatic rings. The molecular formula is C12H21N3O4. The zero-order valence-corrected chi connectivity index (χ0v) is 11.0. The number of carboxylic acids is 1. The van der Waals surface area contributed by atoms with Gasteiger partial charge in [-0.15, -0.1) is 0 Å². The first-order chi connectivity index (χ1) is 8.88. The molecular weight excluding hydrogens is 250 g/mol. The normalized spacial score (nSPS) is 24.3. The number of primary amides is 1. The monoisotopic (exact) mass is 271 g/mol. The van der Waals surface area contributed by atoms with Crippen molar-refractivity contribution in [3.63, 3.8) is 0 Å². The molecule has 0 bridgehead atoms. The van der Waals surface area contributed by atoms with E-state index in [4.69, 9.17) is 10.8 Å². The molecule has 7 nitrogen and oxygen atoms in total. The van der Waals surface area contributed by atoms with E-state index < -0.39 is 30.4 Å². The van der Waals surface area contributed by atoms with Gasteiger partial charge in [-0.2, -0.15) is 0 Å². The molecule has 0 spiro atoms. The smallest absolute Gasteiger partial charge is 0.326 e. The number of carbonyl (C=O) groups is 3. The van der Waals surface area contributed by atoms with E-state index in [1.54, 1.807) is 0 Å². The van der Waals surface area contributed by atoms with Crippen LogP contribution in [0.4, 0.5) is 4.79 Å². The van der Waals surface area contributed by atoms with Crippen LogP contribution in [0.1, 0.15) is 39.0 Å². The molecule has 0 heterocycles. The average molecular weight is 271 g/mol. The molecule has 0 saturated heterocycles. The maximum Gasteiger partial charge on any atom is 0.326 e. The number of nitrogens with two attached hydrogens (primary N) is 1. The minimum Gasteiger partial charge on any atom is -0.480 e. The van der Waals surface area contributed by atoms with E-state index in [1.807, 2.05) is 0 Å². The Morgan fingerprint density at radius 2 is 2.05 bits per heavy atom. The number of aliphatic carboxylic acids is 1. The fraction of sp³-hybridized carbons (Fsp3) is 0.750. The minimum atomic E-state index is -1.28. The van der Waals surface area contributed by atoms with Crippen LogP contribution in [0.5, 0.6) is 0 Å². The quantitative estimate of drug-likeness (QED) is 0.570. The molecule has 7 heteroatoms. The predicted octanol–water partition coefficient (Wildman–Crippen LogP) is 0.193. The first-order valence-corrected chi connectivity index (χ1v) is 6.46. The summed E-state index contributed by atoms with van der Waals surface area (Å²) in [5, 5.41) is 13.9. The summed E-state index contributed by atoms with van der Waals surface area (Å²) in [6.07, 6.45) is 3.57. The summed E-state index contributed by atoms with van der Waals surface area (Å²) < 4.78 is 0. The molecule has 0 radical (unpaired) electrons. The Labute approximate surface area is 111 Å². The number of amides is 3. The lowest BCUT2D eigenvalue weighted by atomic mass is 9.87. The lowest BCUT2D eigenvalue weighted by Crippen LogP contribution is -2.50. The van der Waals surface area contributed by atoms with Gasteiger partial charge < -0.3 is 21.5 Å². The Kier molecular flexibility index (Phi) is 5.59. The van der Waals surface area contributed by atoms with E-state index in [0.29, 0.717) is 5.92 Å². The number of hydrogen-bond acceptors (Lipinski definition) is 3. The third kappa shape index (κ3) is 5.58. The molecule has 1 rings (SSSR count). The highest BCUT2D eigenvalue weighted by Crippen LogP contribution is 2.23. The van der Waals surface area contributed by atoms with Gasteiger partial charge in [0.2, 0.25) is 5.91 Å². The number of nitrogens with one attached hydrogen (secondary N) is 2. The van der Waals surface area contributed by atoms with E-state index in [1.165, 1.54) is 0 Å². The molecule has 1 aliphatic carbocycles. The van der Waals surface area contributed by atoms with Crippen LogP contribution in [0.2, 0.25) is 0 Å². The molecule has 3 amide bonds. The van der Waals surface area contributed by atoms with Crippen LogP contribution in [-0.4, -0.2) is 35.1 Å². The van der Waals surface area contributed by atoms with E-state index >= 15 is 0 Å². The molecule has 5 N–H and O–H groups in total. The lowest BCUT2D eigenvalue weighted by Gasteiger charge is -2.28. The van der Waals surface area contributed by atoms with Crippen molar-refractivity contribution in [3.05, 3.63) is 0 Å². The summed E-state index contributed by atoms with van der Waals surface area (Å²) in [4.78, 5) is 33.3. The van der Waals surface area contributed by atoms with E-state index in [-0.39, 0.29) is 6.04 Å². The molecule has 3 unspecified atom stereocenters. The summed E-state index contributed by atoms with van der Waals surface area (Å²) >= 11 is 0. The maximum absolute atomic E-state index is 11.7. The van der Waals surface area contributed by atoms with Crippen molar-refractivity contribution in [2.24, 2.45) is 11.7 Å². The van der Waals surface area contributed by atoms with Crippen LogP contribution < -0.4 is 16.4 Å². The van der Waals surface area contributed by atoms with Crippen LogP contribution in [0, 0.1) is 5.92 Å². The van der Waals surface area contributed by atoms with Gasteiger partial charge in [0.25, 0.3) is 0 Å².